The molecule has 0 bridgehead atoms. The van der Waals surface area contributed by atoms with Gasteiger partial charge in [0.25, 0.3) is 5.91 Å². The van der Waals surface area contributed by atoms with E-state index >= 15 is 0 Å². The quantitative estimate of drug-likeness (QED) is 0.870. The number of nitrogens with one attached hydrogen (secondary N) is 1. The van der Waals surface area contributed by atoms with Crippen molar-refractivity contribution in [3.05, 3.63) is 34.1 Å². The van der Waals surface area contributed by atoms with Gasteiger partial charge in [0.15, 0.2) is 0 Å². The Labute approximate surface area is 121 Å². The molecule has 1 atom stereocenters. The first-order valence-corrected chi connectivity index (χ1v) is 6.92. The highest BCUT2D eigenvalue weighted by atomic mass is 79.9. The van der Waals surface area contributed by atoms with Gasteiger partial charge in [-0.05, 0) is 52.9 Å². The summed E-state index contributed by atoms with van der Waals surface area (Å²) in [5.41, 5.74) is 0.199. The lowest BCUT2D eigenvalue weighted by molar-refractivity contribution is 0.0901. The standard InChI is InChI=1S/C14H19BrFNO2/c1-9(18)7-14(2,3)8-17-13(19)11-5-4-10(16)6-12(11)15/h4-6,9,18H,7-8H2,1-3H3,(H,17,19). The Morgan fingerprint density at radius 1 is 1.53 bits per heavy atom. The fourth-order valence-corrected chi connectivity index (χ4v) is 2.49. The van der Waals surface area contributed by atoms with Crippen molar-refractivity contribution in [1.29, 1.82) is 0 Å². The lowest BCUT2D eigenvalue weighted by Crippen LogP contribution is -2.35. The largest absolute Gasteiger partial charge is 0.393 e. The van der Waals surface area contributed by atoms with Gasteiger partial charge in [-0.25, -0.2) is 4.39 Å². The first kappa shape index (κ1) is 16.1. The number of aliphatic hydroxyl groups excluding tert-OH is 1. The molecule has 19 heavy (non-hydrogen) atoms. The lowest BCUT2D eigenvalue weighted by Gasteiger charge is -2.26. The molecule has 0 heterocycles. The van der Waals surface area contributed by atoms with E-state index in [1.54, 1.807) is 6.92 Å². The van der Waals surface area contributed by atoms with Crippen LogP contribution in [0.4, 0.5) is 4.39 Å². The van der Waals surface area contributed by atoms with Crippen LogP contribution in [0.5, 0.6) is 0 Å². The summed E-state index contributed by atoms with van der Waals surface area (Å²) >= 11 is 3.17. The number of rotatable bonds is 5. The van der Waals surface area contributed by atoms with Gasteiger partial charge < -0.3 is 10.4 Å². The summed E-state index contributed by atoms with van der Waals surface area (Å²) in [6.07, 6.45) is 0.183. The summed E-state index contributed by atoms with van der Waals surface area (Å²) in [4.78, 5) is 12.0. The molecule has 106 valence electrons. The van der Waals surface area contributed by atoms with Gasteiger partial charge in [-0.1, -0.05) is 13.8 Å². The molecule has 1 rings (SSSR count). The van der Waals surface area contributed by atoms with E-state index in [0.717, 1.165) is 0 Å². The molecule has 0 saturated carbocycles. The Morgan fingerprint density at radius 3 is 2.68 bits per heavy atom. The lowest BCUT2D eigenvalue weighted by atomic mass is 9.87. The molecule has 1 amide bonds. The number of carbonyl (C=O) groups excluding carboxylic acids is 1. The maximum absolute atomic E-state index is 12.9. The molecular formula is C14H19BrFNO2. The van der Waals surface area contributed by atoms with Crippen LogP contribution in [0.25, 0.3) is 0 Å². The zero-order chi connectivity index (χ0) is 14.6. The predicted octanol–water partition coefficient (Wildman–Crippen LogP) is 3.12. The summed E-state index contributed by atoms with van der Waals surface area (Å²) in [7, 11) is 0. The topological polar surface area (TPSA) is 49.3 Å². The SMILES string of the molecule is CC(O)CC(C)(C)CNC(=O)c1ccc(F)cc1Br. The van der Waals surface area contributed by atoms with Crippen LogP contribution in [-0.2, 0) is 0 Å². The molecule has 0 aliphatic heterocycles. The fraction of sp³-hybridized carbons (Fsp3) is 0.500. The van der Waals surface area contributed by atoms with Gasteiger partial charge in [0.05, 0.1) is 11.7 Å². The average molecular weight is 332 g/mol. The summed E-state index contributed by atoms with van der Waals surface area (Å²) in [6.45, 7) is 6.11. The first-order chi connectivity index (χ1) is 8.71. The number of hydrogen-bond acceptors (Lipinski definition) is 2. The number of carbonyl (C=O) groups is 1. The number of benzene rings is 1. The van der Waals surface area contributed by atoms with Gasteiger partial charge in [0.1, 0.15) is 5.82 Å². The maximum atomic E-state index is 12.9. The van der Waals surface area contributed by atoms with Crippen LogP contribution in [0.3, 0.4) is 0 Å². The molecule has 0 aliphatic rings. The molecule has 1 unspecified atom stereocenters. The van der Waals surface area contributed by atoms with Crippen molar-refractivity contribution in [2.75, 3.05) is 6.54 Å². The van der Waals surface area contributed by atoms with Crippen molar-refractivity contribution in [3.8, 4) is 0 Å². The van der Waals surface area contributed by atoms with Crippen LogP contribution in [0, 0.1) is 11.2 Å². The highest BCUT2D eigenvalue weighted by Crippen LogP contribution is 2.22. The van der Waals surface area contributed by atoms with Gasteiger partial charge in [-0.15, -0.1) is 0 Å². The molecule has 0 aromatic heterocycles. The number of hydrogen-bond donors (Lipinski definition) is 2. The molecule has 3 nitrogen and oxygen atoms in total. The first-order valence-electron chi connectivity index (χ1n) is 6.12. The molecule has 5 heteroatoms. The Bertz CT molecular complexity index is 461. The highest BCUT2D eigenvalue weighted by Gasteiger charge is 2.22. The van der Waals surface area contributed by atoms with Gasteiger partial charge in [0, 0.05) is 11.0 Å². The minimum atomic E-state index is -0.413. The molecule has 1 aromatic rings. The minimum absolute atomic E-state index is 0.198. The Kier molecular flexibility index (Phi) is 5.50. The Hall–Kier alpha value is -0.940. The Balaban J connectivity index is 2.65. The maximum Gasteiger partial charge on any atom is 0.252 e. The van der Waals surface area contributed by atoms with E-state index in [-0.39, 0.29) is 11.3 Å². The van der Waals surface area contributed by atoms with E-state index in [1.165, 1.54) is 18.2 Å². The van der Waals surface area contributed by atoms with E-state index in [1.807, 2.05) is 13.8 Å². The normalized spacial score (nSPS) is 13.2. The summed E-state index contributed by atoms with van der Waals surface area (Å²) < 4.78 is 13.4. The minimum Gasteiger partial charge on any atom is -0.393 e. The van der Waals surface area contributed by atoms with Crippen LogP contribution >= 0.6 is 15.9 Å². The number of halogens is 2. The van der Waals surface area contributed by atoms with E-state index in [0.29, 0.717) is 23.0 Å². The van der Waals surface area contributed by atoms with Crippen LogP contribution in [0.1, 0.15) is 37.6 Å². The second kappa shape index (κ2) is 6.48. The smallest absolute Gasteiger partial charge is 0.252 e. The fourth-order valence-electron chi connectivity index (χ4n) is 1.96. The van der Waals surface area contributed by atoms with Crippen LogP contribution in [-0.4, -0.2) is 23.7 Å². The van der Waals surface area contributed by atoms with Gasteiger partial charge in [-0.2, -0.15) is 0 Å². The van der Waals surface area contributed by atoms with Crippen molar-refractivity contribution in [1.82, 2.24) is 5.32 Å². The molecule has 0 radical (unpaired) electrons. The molecule has 2 N–H and O–H groups in total. The molecule has 0 spiro atoms. The van der Waals surface area contributed by atoms with Crippen molar-refractivity contribution >= 4 is 21.8 Å². The molecule has 0 saturated heterocycles. The second-order valence-corrected chi connectivity index (χ2v) is 6.38. The third-order valence-electron chi connectivity index (χ3n) is 2.75. The summed E-state index contributed by atoms with van der Waals surface area (Å²) in [5, 5.41) is 12.2. The zero-order valence-corrected chi connectivity index (χ0v) is 12.9. The zero-order valence-electron chi connectivity index (χ0n) is 11.3. The molecule has 0 fully saturated rings. The second-order valence-electron chi connectivity index (χ2n) is 5.52. The van der Waals surface area contributed by atoms with Crippen LogP contribution < -0.4 is 5.32 Å². The number of amides is 1. The molecule has 0 aliphatic carbocycles. The third kappa shape index (κ3) is 5.28. The predicted molar refractivity (Wildman–Crippen MR) is 76.5 cm³/mol. The van der Waals surface area contributed by atoms with Crippen molar-refractivity contribution in [3.63, 3.8) is 0 Å². The summed E-state index contributed by atoms with van der Waals surface area (Å²) in [5.74, 6) is -0.650. The molecular weight excluding hydrogens is 313 g/mol. The van der Waals surface area contributed by atoms with Gasteiger partial charge >= 0.3 is 0 Å². The van der Waals surface area contributed by atoms with E-state index in [4.69, 9.17) is 0 Å². The van der Waals surface area contributed by atoms with Gasteiger partial charge in [0.2, 0.25) is 0 Å². The van der Waals surface area contributed by atoms with Crippen molar-refractivity contribution in [2.24, 2.45) is 5.41 Å². The van der Waals surface area contributed by atoms with Crippen molar-refractivity contribution in [2.45, 2.75) is 33.3 Å². The van der Waals surface area contributed by atoms with E-state index < -0.39 is 11.9 Å². The third-order valence-corrected chi connectivity index (χ3v) is 3.41. The van der Waals surface area contributed by atoms with Gasteiger partial charge in [-0.3, -0.25) is 4.79 Å². The highest BCUT2D eigenvalue weighted by molar-refractivity contribution is 9.10. The van der Waals surface area contributed by atoms with Crippen molar-refractivity contribution < 1.29 is 14.3 Å². The summed E-state index contributed by atoms with van der Waals surface area (Å²) in [6, 6.07) is 3.95. The van der Waals surface area contributed by atoms with Crippen LogP contribution in [0.2, 0.25) is 0 Å². The van der Waals surface area contributed by atoms with Crippen LogP contribution in [0.15, 0.2) is 22.7 Å². The number of aliphatic hydroxyl groups is 1. The molecule has 1 aromatic carbocycles. The van der Waals surface area contributed by atoms with E-state index in [9.17, 15) is 14.3 Å². The van der Waals surface area contributed by atoms with E-state index in [2.05, 4.69) is 21.2 Å². The average Bonchev–Trinajstić information content (AvgIpc) is 2.24. The monoisotopic (exact) mass is 331 g/mol. The Morgan fingerprint density at radius 2 is 2.16 bits per heavy atom.